The summed E-state index contributed by atoms with van der Waals surface area (Å²) in [5.41, 5.74) is -0.856. The van der Waals surface area contributed by atoms with E-state index in [0.29, 0.717) is 11.4 Å². The number of nitrogens with one attached hydrogen (secondary N) is 1. The van der Waals surface area contributed by atoms with E-state index in [2.05, 4.69) is 9.97 Å². The molecule has 0 fully saturated rings. The van der Waals surface area contributed by atoms with E-state index in [0.717, 1.165) is 6.07 Å². The average Bonchev–Trinajstić information content (AvgIpc) is 3.14. The summed E-state index contributed by atoms with van der Waals surface area (Å²) in [6, 6.07) is 5.56. The Morgan fingerprint density at radius 3 is 2.31 bits per heavy atom. The molecule has 0 saturated carbocycles. The third-order valence-corrected chi connectivity index (χ3v) is 4.93. The number of rotatable bonds is 2. The van der Waals surface area contributed by atoms with Crippen molar-refractivity contribution >= 4 is 22.6 Å². The summed E-state index contributed by atoms with van der Waals surface area (Å²) < 4.78 is 44.2. The van der Waals surface area contributed by atoms with Crippen molar-refractivity contribution in [1.29, 1.82) is 0 Å². The lowest BCUT2D eigenvalue weighted by molar-refractivity contribution is -0.137. The molecule has 29 heavy (non-hydrogen) atoms. The van der Waals surface area contributed by atoms with Gasteiger partial charge in [-0.15, -0.1) is 0 Å². The topological polar surface area (TPSA) is 92.4 Å². The lowest BCUT2D eigenvalue weighted by atomic mass is 10.1. The summed E-state index contributed by atoms with van der Waals surface area (Å²) in [5, 5.41) is 9.32. The van der Waals surface area contributed by atoms with Gasteiger partial charge in [0.1, 0.15) is 0 Å². The summed E-state index contributed by atoms with van der Waals surface area (Å²) in [6.45, 7) is 4.82. The quantitative estimate of drug-likeness (QED) is 0.534. The number of imidazole rings is 1. The molecule has 0 unspecified atom stereocenters. The molecule has 4 aromatic rings. The van der Waals surface area contributed by atoms with Gasteiger partial charge in [-0.3, -0.25) is 9.20 Å². The van der Waals surface area contributed by atoms with Crippen LogP contribution in [0.1, 0.15) is 33.1 Å². The first kappa shape index (κ1) is 18.8. The molecule has 4 rings (SSSR count). The Hall–Kier alpha value is -3.56. The number of alkyl halides is 3. The van der Waals surface area contributed by atoms with Gasteiger partial charge >= 0.3 is 12.1 Å². The van der Waals surface area contributed by atoms with Crippen LogP contribution in [0.5, 0.6) is 0 Å². The van der Waals surface area contributed by atoms with Gasteiger partial charge in [0.25, 0.3) is 5.56 Å². The van der Waals surface area contributed by atoms with Crippen LogP contribution in [0.4, 0.5) is 13.2 Å². The number of aryl methyl sites for hydroxylation is 3. The molecule has 0 radical (unpaired) electrons. The lowest BCUT2D eigenvalue weighted by Crippen LogP contribution is -2.16. The van der Waals surface area contributed by atoms with E-state index < -0.39 is 23.3 Å². The fourth-order valence-electron chi connectivity index (χ4n) is 3.65. The summed E-state index contributed by atoms with van der Waals surface area (Å²) in [7, 11) is 0. The molecule has 0 atom stereocenters. The van der Waals surface area contributed by atoms with Gasteiger partial charge in [-0.25, -0.2) is 9.78 Å². The Balaban J connectivity index is 2.23. The highest BCUT2D eigenvalue weighted by molar-refractivity contribution is 5.90. The highest BCUT2D eigenvalue weighted by Gasteiger charge is 2.35. The number of carboxylic acids is 1. The van der Waals surface area contributed by atoms with Gasteiger partial charge in [-0.1, -0.05) is 0 Å². The van der Waals surface area contributed by atoms with E-state index in [1.807, 2.05) is 0 Å². The van der Waals surface area contributed by atoms with E-state index >= 15 is 0 Å². The number of fused-ring (bicyclic) bond motifs is 3. The number of hydrogen-bond acceptors (Lipinski definition) is 3. The maximum atomic E-state index is 13.8. The number of benzene rings is 1. The highest BCUT2D eigenvalue weighted by atomic mass is 19.4. The van der Waals surface area contributed by atoms with E-state index in [1.54, 1.807) is 26.0 Å². The standard InChI is InChI=1S/C19H15F3N4O3/c1-8-4-5-9(2)25(8)13-7-14-12(6-11(13)19(20,21)22)23-17(27)16-24-15(18(28)29)10(3)26(14)16/h4-7H,1-3H3,(H,23,27)(H,28,29). The summed E-state index contributed by atoms with van der Waals surface area (Å²) in [6.07, 6.45) is -4.67. The second-order valence-corrected chi connectivity index (χ2v) is 6.80. The number of carboxylic acid groups (broad SMARTS) is 1. The summed E-state index contributed by atoms with van der Waals surface area (Å²) in [5.74, 6) is -1.33. The number of aromatic nitrogens is 4. The fraction of sp³-hybridized carbons (Fsp3) is 0.211. The molecule has 7 nitrogen and oxygen atoms in total. The number of carbonyl (C=O) groups is 1. The Labute approximate surface area is 161 Å². The molecule has 3 aromatic heterocycles. The third kappa shape index (κ3) is 2.71. The van der Waals surface area contributed by atoms with E-state index in [4.69, 9.17) is 0 Å². The van der Waals surface area contributed by atoms with E-state index in [1.165, 1.54) is 22.0 Å². The van der Waals surface area contributed by atoms with Gasteiger partial charge < -0.3 is 14.7 Å². The second kappa shape index (κ2) is 5.97. The molecule has 0 aliphatic carbocycles. The smallest absolute Gasteiger partial charge is 0.418 e. The van der Waals surface area contributed by atoms with Crippen LogP contribution in [-0.2, 0) is 6.18 Å². The molecule has 0 saturated heterocycles. The van der Waals surface area contributed by atoms with Crippen molar-refractivity contribution in [2.24, 2.45) is 0 Å². The normalized spacial score (nSPS) is 12.2. The number of halogens is 3. The number of hydrogen-bond donors (Lipinski definition) is 2. The molecular formula is C19H15F3N4O3. The monoisotopic (exact) mass is 404 g/mol. The fourth-order valence-corrected chi connectivity index (χ4v) is 3.65. The first-order valence-corrected chi connectivity index (χ1v) is 8.55. The van der Waals surface area contributed by atoms with Crippen LogP contribution in [0.25, 0.3) is 22.4 Å². The molecule has 0 aliphatic heterocycles. The van der Waals surface area contributed by atoms with Crippen LogP contribution in [0.3, 0.4) is 0 Å². The molecule has 150 valence electrons. The minimum Gasteiger partial charge on any atom is -0.476 e. The van der Waals surface area contributed by atoms with Gasteiger partial charge in [0.05, 0.1) is 28.0 Å². The minimum absolute atomic E-state index is 0.0709. The molecule has 3 heterocycles. The number of H-pyrrole nitrogens is 1. The average molecular weight is 404 g/mol. The SMILES string of the molecule is Cc1ccc(C)n1-c1cc2c(cc1C(F)(F)F)[nH]c(=O)c1nc(C(=O)O)c(C)n12. The zero-order valence-electron chi connectivity index (χ0n) is 15.5. The molecule has 2 N–H and O–H groups in total. The van der Waals surface area contributed by atoms with Crippen LogP contribution in [0.15, 0.2) is 29.1 Å². The molecule has 0 amide bonds. The van der Waals surface area contributed by atoms with Gasteiger partial charge in [-0.2, -0.15) is 13.2 Å². The Bertz CT molecular complexity index is 1360. The van der Waals surface area contributed by atoms with E-state index in [-0.39, 0.29) is 33.8 Å². The molecule has 1 aromatic carbocycles. The Morgan fingerprint density at radius 2 is 1.76 bits per heavy atom. The van der Waals surface area contributed by atoms with Crippen LogP contribution in [0.2, 0.25) is 0 Å². The van der Waals surface area contributed by atoms with Crippen molar-refractivity contribution in [3.05, 3.63) is 63.0 Å². The van der Waals surface area contributed by atoms with Gasteiger partial charge in [0.2, 0.25) is 5.65 Å². The van der Waals surface area contributed by atoms with Crippen molar-refractivity contribution in [2.45, 2.75) is 26.9 Å². The van der Waals surface area contributed by atoms with Crippen molar-refractivity contribution in [1.82, 2.24) is 18.9 Å². The molecule has 0 spiro atoms. The lowest BCUT2D eigenvalue weighted by Gasteiger charge is -2.18. The van der Waals surface area contributed by atoms with Gasteiger partial charge in [0, 0.05) is 11.4 Å². The number of aromatic amines is 1. The van der Waals surface area contributed by atoms with Crippen molar-refractivity contribution in [2.75, 3.05) is 0 Å². The highest BCUT2D eigenvalue weighted by Crippen LogP contribution is 2.37. The first-order valence-electron chi connectivity index (χ1n) is 8.55. The summed E-state index contributed by atoms with van der Waals surface area (Å²) in [4.78, 5) is 30.0. The zero-order valence-corrected chi connectivity index (χ0v) is 15.5. The van der Waals surface area contributed by atoms with Crippen molar-refractivity contribution in [3.8, 4) is 5.69 Å². The minimum atomic E-state index is -4.67. The third-order valence-electron chi connectivity index (χ3n) is 4.93. The molecular weight excluding hydrogens is 389 g/mol. The Morgan fingerprint density at radius 1 is 1.14 bits per heavy atom. The predicted octanol–water partition coefficient (Wildman–Crippen LogP) is 3.61. The second-order valence-electron chi connectivity index (χ2n) is 6.80. The van der Waals surface area contributed by atoms with Crippen LogP contribution < -0.4 is 5.56 Å². The van der Waals surface area contributed by atoms with Crippen LogP contribution in [0, 0.1) is 20.8 Å². The molecule has 0 aliphatic rings. The van der Waals surface area contributed by atoms with Crippen molar-refractivity contribution < 1.29 is 23.1 Å². The van der Waals surface area contributed by atoms with Crippen molar-refractivity contribution in [3.63, 3.8) is 0 Å². The summed E-state index contributed by atoms with van der Waals surface area (Å²) >= 11 is 0. The number of nitrogens with zero attached hydrogens (tertiary/aromatic N) is 3. The maximum Gasteiger partial charge on any atom is 0.418 e. The van der Waals surface area contributed by atoms with Gasteiger partial charge in [-0.05, 0) is 45.0 Å². The molecule has 0 bridgehead atoms. The maximum absolute atomic E-state index is 13.8. The van der Waals surface area contributed by atoms with Crippen LogP contribution in [-0.4, -0.2) is 30.0 Å². The molecule has 10 heteroatoms. The number of aromatic carboxylic acids is 1. The largest absolute Gasteiger partial charge is 0.476 e. The van der Waals surface area contributed by atoms with Gasteiger partial charge in [0.15, 0.2) is 5.69 Å². The van der Waals surface area contributed by atoms with Crippen LogP contribution >= 0.6 is 0 Å². The van der Waals surface area contributed by atoms with E-state index in [9.17, 15) is 27.9 Å². The zero-order chi connectivity index (χ0) is 21.2. The predicted molar refractivity (Wildman–Crippen MR) is 98.8 cm³/mol. The Kier molecular flexibility index (Phi) is 3.87. The first-order chi connectivity index (χ1) is 13.5.